The molecular weight excluding hydrogens is 378 g/mol. The predicted molar refractivity (Wildman–Crippen MR) is 106 cm³/mol. The molecule has 4 rings (SSSR count). The summed E-state index contributed by atoms with van der Waals surface area (Å²) in [5, 5.41) is 2.69. The summed E-state index contributed by atoms with van der Waals surface area (Å²) in [5.74, 6) is -0.0968. The fraction of sp³-hybridized carbons (Fsp3) is 0.263. The Morgan fingerprint density at radius 3 is 2.64 bits per heavy atom. The molecule has 0 bridgehead atoms. The molecule has 0 aliphatic carbocycles. The van der Waals surface area contributed by atoms with Crippen LogP contribution in [0.5, 0.6) is 0 Å². The number of aromatic amines is 1. The number of para-hydroxylation sites is 2. The lowest BCUT2D eigenvalue weighted by molar-refractivity contribution is -0.883. The molecule has 0 saturated carbocycles. The van der Waals surface area contributed by atoms with Crippen LogP contribution in [0.15, 0.2) is 53.4 Å². The average Bonchev–Trinajstić information content (AvgIpc) is 3.10. The summed E-state index contributed by atoms with van der Waals surface area (Å²) in [6.45, 7) is 2.49. The number of hydrogen-bond donors (Lipinski definition) is 3. The van der Waals surface area contributed by atoms with E-state index in [0.29, 0.717) is 19.0 Å². The Morgan fingerprint density at radius 1 is 1.14 bits per heavy atom. The lowest BCUT2D eigenvalue weighted by Gasteiger charge is -2.29. The number of carbonyl (C=O) groups excluding carboxylic acids is 1. The Labute approximate surface area is 163 Å². The Balaban J connectivity index is 1.55. The first-order chi connectivity index (χ1) is 13.4. The molecule has 3 aromatic rings. The SMILES string of the molecule is C[NH+]1CCN(S(=O)(=O)c2cccc(C(=O)Nc3nc4ccccc4[nH]3)c2)CC1. The van der Waals surface area contributed by atoms with Gasteiger partial charge in [0, 0.05) is 5.56 Å². The summed E-state index contributed by atoms with van der Waals surface area (Å²) in [6.07, 6.45) is 0. The van der Waals surface area contributed by atoms with Gasteiger partial charge in [-0.25, -0.2) is 13.4 Å². The molecule has 1 amide bonds. The van der Waals surface area contributed by atoms with Gasteiger partial charge in [0.1, 0.15) is 0 Å². The first-order valence-corrected chi connectivity index (χ1v) is 10.5. The molecule has 9 heteroatoms. The van der Waals surface area contributed by atoms with Crippen molar-refractivity contribution in [2.75, 3.05) is 38.5 Å². The number of likely N-dealkylation sites (N-methyl/N-ethyl adjacent to an activating group) is 1. The van der Waals surface area contributed by atoms with Gasteiger partial charge < -0.3 is 9.88 Å². The highest BCUT2D eigenvalue weighted by molar-refractivity contribution is 7.89. The number of fused-ring (bicyclic) bond motifs is 1. The van der Waals surface area contributed by atoms with Crippen molar-refractivity contribution >= 4 is 32.9 Å². The van der Waals surface area contributed by atoms with Crippen molar-refractivity contribution in [3.05, 3.63) is 54.1 Å². The van der Waals surface area contributed by atoms with Crippen molar-refractivity contribution in [2.45, 2.75) is 4.90 Å². The molecule has 2 aromatic carbocycles. The normalized spacial score (nSPS) is 16.3. The fourth-order valence-corrected chi connectivity index (χ4v) is 4.73. The van der Waals surface area contributed by atoms with E-state index in [1.54, 1.807) is 12.1 Å². The third kappa shape index (κ3) is 3.64. The summed E-state index contributed by atoms with van der Waals surface area (Å²) in [6, 6.07) is 13.6. The Morgan fingerprint density at radius 2 is 1.89 bits per heavy atom. The van der Waals surface area contributed by atoms with E-state index < -0.39 is 15.9 Å². The van der Waals surface area contributed by atoms with E-state index in [9.17, 15) is 13.2 Å². The highest BCUT2D eigenvalue weighted by Gasteiger charge is 2.29. The van der Waals surface area contributed by atoms with Crippen molar-refractivity contribution in [3.63, 3.8) is 0 Å². The van der Waals surface area contributed by atoms with Crippen molar-refractivity contribution in [1.29, 1.82) is 0 Å². The number of nitrogens with zero attached hydrogens (tertiary/aromatic N) is 2. The van der Waals surface area contributed by atoms with Gasteiger partial charge in [-0.2, -0.15) is 4.31 Å². The maximum atomic E-state index is 12.9. The lowest BCUT2D eigenvalue weighted by atomic mass is 10.2. The summed E-state index contributed by atoms with van der Waals surface area (Å²) in [4.78, 5) is 21.4. The van der Waals surface area contributed by atoms with Crippen LogP contribution in [-0.2, 0) is 10.0 Å². The van der Waals surface area contributed by atoms with Crippen LogP contribution in [0.1, 0.15) is 10.4 Å². The number of hydrogen-bond acceptors (Lipinski definition) is 4. The number of piperazine rings is 1. The maximum absolute atomic E-state index is 12.9. The first-order valence-electron chi connectivity index (χ1n) is 9.11. The number of nitrogens with one attached hydrogen (secondary N) is 3. The predicted octanol–water partition coefficient (Wildman–Crippen LogP) is 0.334. The second kappa shape index (κ2) is 7.34. The third-order valence-electron chi connectivity index (χ3n) is 4.93. The highest BCUT2D eigenvalue weighted by Crippen LogP contribution is 2.19. The minimum atomic E-state index is -3.62. The molecule has 3 N–H and O–H groups in total. The van der Waals surface area contributed by atoms with E-state index >= 15 is 0 Å². The van der Waals surface area contributed by atoms with Gasteiger partial charge in [-0.1, -0.05) is 18.2 Å². The molecule has 1 aliphatic heterocycles. The zero-order valence-electron chi connectivity index (χ0n) is 15.5. The van der Waals surface area contributed by atoms with Gasteiger partial charge in [-0.3, -0.25) is 10.1 Å². The molecule has 8 nitrogen and oxygen atoms in total. The number of H-pyrrole nitrogens is 1. The molecule has 146 valence electrons. The quantitative estimate of drug-likeness (QED) is 0.588. The van der Waals surface area contributed by atoms with Crippen LogP contribution in [0.2, 0.25) is 0 Å². The van der Waals surface area contributed by atoms with Crippen molar-refractivity contribution in [2.24, 2.45) is 0 Å². The minimum absolute atomic E-state index is 0.129. The van der Waals surface area contributed by atoms with Gasteiger partial charge in [0.15, 0.2) is 0 Å². The van der Waals surface area contributed by atoms with Crippen LogP contribution < -0.4 is 10.2 Å². The van der Waals surface area contributed by atoms with Crippen molar-refractivity contribution < 1.29 is 18.1 Å². The number of sulfonamides is 1. The minimum Gasteiger partial charge on any atom is -0.335 e. The van der Waals surface area contributed by atoms with Gasteiger partial charge in [0.25, 0.3) is 5.91 Å². The van der Waals surface area contributed by atoms with E-state index in [4.69, 9.17) is 0 Å². The van der Waals surface area contributed by atoms with Gasteiger partial charge in [-0.05, 0) is 30.3 Å². The molecule has 0 radical (unpaired) electrons. The van der Waals surface area contributed by atoms with Crippen LogP contribution in [0, 0.1) is 0 Å². The number of aromatic nitrogens is 2. The standard InChI is InChI=1S/C19H21N5O3S/c1-23-9-11-24(12-10-23)28(26,27)15-6-4-5-14(13-15)18(25)22-19-20-16-7-2-3-8-17(16)21-19/h2-8,13H,9-12H2,1H3,(H2,20,21,22,25)/p+1. The van der Waals surface area contributed by atoms with Crippen LogP contribution in [0.25, 0.3) is 11.0 Å². The number of carbonyl (C=O) groups is 1. The van der Waals surface area contributed by atoms with Gasteiger partial charge >= 0.3 is 0 Å². The lowest BCUT2D eigenvalue weighted by Crippen LogP contribution is -3.12. The molecule has 0 spiro atoms. The van der Waals surface area contributed by atoms with E-state index in [1.165, 1.54) is 21.3 Å². The highest BCUT2D eigenvalue weighted by atomic mass is 32.2. The van der Waals surface area contributed by atoms with Crippen molar-refractivity contribution in [3.8, 4) is 0 Å². The second-order valence-electron chi connectivity index (χ2n) is 6.95. The number of amides is 1. The van der Waals surface area contributed by atoms with Crippen LogP contribution in [-0.4, -0.2) is 61.8 Å². The largest absolute Gasteiger partial charge is 0.335 e. The monoisotopic (exact) mass is 400 g/mol. The van der Waals surface area contributed by atoms with E-state index in [2.05, 4.69) is 15.3 Å². The number of imidazole rings is 1. The topological polar surface area (TPSA) is 99.6 Å². The van der Waals surface area contributed by atoms with Gasteiger partial charge in [-0.15, -0.1) is 0 Å². The first kappa shape index (κ1) is 18.6. The number of quaternary nitrogens is 1. The summed E-state index contributed by atoms with van der Waals surface area (Å²) in [7, 11) is -1.57. The van der Waals surface area contributed by atoms with E-state index in [0.717, 1.165) is 24.1 Å². The molecule has 2 heterocycles. The molecule has 1 fully saturated rings. The zero-order chi connectivity index (χ0) is 19.7. The Kier molecular flexibility index (Phi) is 4.88. The summed E-state index contributed by atoms with van der Waals surface area (Å²) >= 11 is 0. The number of benzene rings is 2. The van der Waals surface area contributed by atoms with Crippen molar-refractivity contribution in [1.82, 2.24) is 14.3 Å². The van der Waals surface area contributed by atoms with Crippen LogP contribution >= 0.6 is 0 Å². The number of anilines is 1. The van der Waals surface area contributed by atoms with E-state index in [-0.39, 0.29) is 10.5 Å². The molecule has 0 unspecified atom stereocenters. The molecule has 1 saturated heterocycles. The smallest absolute Gasteiger partial charge is 0.258 e. The number of rotatable bonds is 4. The van der Waals surface area contributed by atoms with Gasteiger partial charge in [0.2, 0.25) is 16.0 Å². The molecular formula is C19H22N5O3S+. The molecule has 28 heavy (non-hydrogen) atoms. The van der Waals surface area contributed by atoms with Gasteiger partial charge in [0.05, 0.1) is 49.2 Å². The zero-order valence-corrected chi connectivity index (χ0v) is 16.3. The fourth-order valence-electron chi connectivity index (χ4n) is 3.25. The third-order valence-corrected chi connectivity index (χ3v) is 6.83. The second-order valence-corrected chi connectivity index (χ2v) is 8.88. The summed E-state index contributed by atoms with van der Waals surface area (Å²) in [5.41, 5.74) is 1.82. The molecule has 0 atom stereocenters. The summed E-state index contributed by atoms with van der Waals surface area (Å²) < 4.78 is 27.3. The van der Waals surface area contributed by atoms with Crippen LogP contribution in [0.3, 0.4) is 0 Å². The average molecular weight is 400 g/mol. The molecule has 1 aromatic heterocycles. The maximum Gasteiger partial charge on any atom is 0.258 e. The van der Waals surface area contributed by atoms with E-state index in [1.807, 2.05) is 31.3 Å². The Bertz CT molecular complexity index is 1080. The Hall–Kier alpha value is -2.75. The van der Waals surface area contributed by atoms with Crippen LogP contribution in [0.4, 0.5) is 5.95 Å². The molecule has 1 aliphatic rings.